The van der Waals surface area contributed by atoms with Crippen molar-refractivity contribution in [3.8, 4) is 11.8 Å². The lowest BCUT2D eigenvalue weighted by Crippen LogP contribution is -2.49. The van der Waals surface area contributed by atoms with E-state index in [1.165, 1.54) is 64.3 Å². The number of piperidine rings is 2. The molecule has 0 radical (unpaired) electrons. The topological polar surface area (TPSA) is 352 Å². The van der Waals surface area contributed by atoms with Crippen molar-refractivity contribution in [2.75, 3.05) is 80.1 Å². The first-order valence-electron chi connectivity index (χ1n) is 43.7. The van der Waals surface area contributed by atoms with E-state index in [0.29, 0.717) is 135 Å². The van der Waals surface area contributed by atoms with Gasteiger partial charge in [-0.3, -0.25) is 13.8 Å². The number of anilines is 4. The molecule has 5 aliphatic rings. The van der Waals surface area contributed by atoms with Crippen LogP contribution in [0.25, 0.3) is 84.5 Å². The Bertz CT molecular complexity index is 7020. The SMILES string of the molecule is C=S(C)(=O)N1CCC(Oc2nc([C@H](C)Nc3ncnc4scnc34)cc3cccc(Cl)c23)CC1.CC(C)N1CCC(Oc2nc([C@H](C)Nc3ncnc4scnc34)cc3cccc(Cl)c23)CC1.C[C@H](Nc1ncnc2scnc12)c1cc2cccc(Cl)c2c(C(=O)CC2CCOCC2)n1.C[C@H](Nc1ncnc2scnc12)c1cc2cccc(Cl)c2c(C(=O)N2C3CCC2COC3)n1. The fourth-order valence-corrected chi connectivity index (χ4v) is 21.9. The highest BCUT2D eigenvalue weighted by atomic mass is 35.5. The smallest absolute Gasteiger partial charge is 0.273 e. The van der Waals surface area contributed by atoms with Crippen LogP contribution in [0.4, 0.5) is 23.3 Å². The van der Waals surface area contributed by atoms with E-state index < -0.39 is 9.71 Å². The van der Waals surface area contributed by atoms with Gasteiger partial charge in [-0.1, -0.05) is 94.9 Å². The Labute approximate surface area is 797 Å². The first-order chi connectivity index (χ1) is 64.0. The van der Waals surface area contributed by atoms with Crippen LogP contribution in [0.2, 0.25) is 20.1 Å². The fourth-order valence-electron chi connectivity index (χ4n) is 17.4. The number of halogens is 4. The first kappa shape index (κ1) is 91.8. The van der Waals surface area contributed by atoms with Crippen LogP contribution in [-0.2, 0) is 19.2 Å². The number of Topliss-reactive ketones (excluding diaryl/α,β-unsaturated/α-hetero) is 1. The maximum absolute atomic E-state index is 13.8. The minimum Gasteiger partial charge on any atom is -0.474 e. The number of ketones is 1. The number of hydrogen-bond acceptors (Lipinski definition) is 32. The molecule has 39 heteroatoms. The third kappa shape index (κ3) is 20.4. The maximum atomic E-state index is 13.8. The van der Waals surface area contributed by atoms with Gasteiger partial charge in [-0.25, -0.2) is 84.0 Å². The van der Waals surface area contributed by atoms with Gasteiger partial charge in [0.1, 0.15) is 90.3 Å². The zero-order valence-corrected chi connectivity index (χ0v) is 80.4. The van der Waals surface area contributed by atoms with E-state index in [2.05, 4.69) is 125 Å². The van der Waals surface area contributed by atoms with Crippen LogP contribution in [0.1, 0.15) is 167 Å². The van der Waals surface area contributed by atoms with Gasteiger partial charge in [-0.2, -0.15) is 0 Å². The molecule has 0 aliphatic carbocycles. The number of hydrogen-bond donors (Lipinski definition) is 4. The molecule has 5 saturated heterocycles. The second-order valence-electron chi connectivity index (χ2n) is 33.7. The summed E-state index contributed by atoms with van der Waals surface area (Å²) in [5, 5.41) is 22.8. The molecule has 682 valence electrons. The number of likely N-dealkylation sites (tertiary alicyclic amines) is 1. The number of nitrogens with zero attached hydrogens (tertiary/aromatic N) is 19. The molecule has 12 aromatic heterocycles. The van der Waals surface area contributed by atoms with Crippen molar-refractivity contribution in [1.82, 2.24) is 93.8 Å². The van der Waals surface area contributed by atoms with Crippen LogP contribution in [0.5, 0.6) is 11.8 Å². The normalized spacial score (nSPS) is 17.9. The highest BCUT2D eigenvalue weighted by molar-refractivity contribution is 7.97. The van der Waals surface area contributed by atoms with Gasteiger partial charge in [0.05, 0.1) is 125 Å². The van der Waals surface area contributed by atoms with E-state index in [1.54, 1.807) is 46.8 Å². The summed E-state index contributed by atoms with van der Waals surface area (Å²) in [6.45, 7) is 18.5. The number of benzene rings is 4. The number of carbonyl (C=O) groups excluding carboxylic acids is 2. The molecule has 3 unspecified atom stereocenters. The Hall–Kier alpha value is -10.6. The number of pyridine rings is 4. The van der Waals surface area contributed by atoms with Crippen molar-refractivity contribution in [3.05, 3.63) is 199 Å². The van der Waals surface area contributed by atoms with Crippen LogP contribution in [0.15, 0.2) is 144 Å². The van der Waals surface area contributed by atoms with Crippen LogP contribution in [0, 0.1) is 5.92 Å². The monoisotopic (exact) mass is 1950 g/mol. The molecule has 2 bridgehead atoms. The number of nitrogens with one attached hydrogen (secondary N) is 4. The molecule has 21 rings (SSSR count). The molecule has 17 heterocycles. The van der Waals surface area contributed by atoms with E-state index in [9.17, 15) is 13.8 Å². The number of amides is 1. The maximum Gasteiger partial charge on any atom is 0.273 e. The van der Waals surface area contributed by atoms with E-state index in [-0.39, 0.29) is 60.1 Å². The van der Waals surface area contributed by atoms with Crippen LogP contribution in [-0.4, -0.2) is 205 Å². The molecule has 0 saturated carbocycles. The average molecular weight is 1950 g/mol. The molecule has 7 atom stereocenters. The second-order valence-corrected chi connectivity index (χ2v) is 41.1. The van der Waals surface area contributed by atoms with Crippen LogP contribution in [0.3, 0.4) is 0 Å². The molecule has 5 aliphatic heterocycles. The van der Waals surface area contributed by atoms with Crippen molar-refractivity contribution in [2.24, 2.45) is 5.92 Å². The van der Waals surface area contributed by atoms with Crippen molar-refractivity contribution in [3.63, 3.8) is 0 Å². The van der Waals surface area contributed by atoms with Crippen molar-refractivity contribution in [2.45, 2.75) is 154 Å². The predicted octanol–water partition coefficient (Wildman–Crippen LogP) is 20.2. The van der Waals surface area contributed by atoms with E-state index in [4.69, 9.17) is 85.3 Å². The number of thiazole rings is 4. The van der Waals surface area contributed by atoms with Gasteiger partial charge in [0, 0.05) is 78.6 Å². The van der Waals surface area contributed by atoms with E-state index >= 15 is 0 Å². The van der Waals surface area contributed by atoms with Crippen molar-refractivity contribution < 1.29 is 32.7 Å². The Morgan fingerprint density at radius 1 is 0.455 bits per heavy atom. The number of morpholine rings is 1. The molecule has 132 heavy (non-hydrogen) atoms. The fraction of sp³-hybridized carbons (Fsp3) is 0.366. The van der Waals surface area contributed by atoms with Crippen molar-refractivity contribution >= 4 is 227 Å². The summed E-state index contributed by atoms with van der Waals surface area (Å²) in [5.41, 5.74) is 14.0. The Morgan fingerprint density at radius 3 is 1.18 bits per heavy atom. The van der Waals surface area contributed by atoms with Gasteiger partial charge in [0.15, 0.2) is 29.1 Å². The quantitative estimate of drug-likeness (QED) is 0.0362. The zero-order chi connectivity index (χ0) is 91.4. The summed E-state index contributed by atoms with van der Waals surface area (Å²) in [4.78, 5) is 106. The summed E-state index contributed by atoms with van der Waals surface area (Å²) in [6.07, 6.45) is 15.5. The standard InChI is InChI=1S/C24H27ClN6OS.C23H25ClN6O2S2.C23H21ClN6O2S.C23H22ClN5O2S/c1-14(2)31-9-7-17(8-10-31)32-23-20-16(5-4-6-18(20)25)11-19(30-23)15(3)29-22-21-24(27-12-26-22)33-13-28-21;1-14(28-21-20-23(26-12-25-21)33-13-27-20)18-11-15-5-4-6-17(24)19(15)22(29-18)32-16-7-9-30(10-8-16)34(2,3)31;1-12(28-21-20-22(26-10-25-21)33-11-27-20)17-7-13-3-2-4-16(24)18(13)19(29-17)23(31)30-14-5-6-15(30)9-32-8-14;1-13(28-22-21-23(26-11-25-22)32-12-27-21)17-10-15-3-2-4-16(24)19(15)20(29-17)18(30)9-14-5-7-31-8-6-14/h4-6,11-15,17H,7-10H2,1-3H3,(H,26,27,29);4-6,11-14,16H,2,7-10H2,1,3H3,(H,25,26,28);2-4,7,10-12,14-15H,5-6,8-9H2,1H3,(H,25,26,28);2-4,10-14H,5-9H2,1H3,(H,25,26,28)/t15-;14-,34?;12-,14?,15?;13-/m0000/s1. The molecular weight excluding hydrogens is 1850 g/mol. The molecule has 1 amide bonds. The average Bonchev–Trinajstić information content (AvgIpc) is 1.22. The zero-order valence-electron chi connectivity index (χ0n) is 73.3. The van der Waals surface area contributed by atoms with Crippen LogP contribution < -0.4 is 30.7 Å². The highest BCUT2D eigenvalue weighted by Crippen LogP contribution is 2.42. The van der Waals surface area contributed by atoms with E-state index in [1.807, 2.05) is 103 Å². The van der Waals surface area contributed by atoms with Gasteiger partial charge in [-0.05, 0) is 175 Å². The minimum absolute atomic E-state index is 0.0213. The summed E-state index contributed by atoms with van der Waals surface area (Å²) >= 11 is 32.1. The van der Waals surface area contributed by atoms with Crippen LogP contribution >= 0.6 is 91.8 Å². The van der Waals surface area contributed by atoms with Gasteiger partial charge < -0.3 is 50.0 Å². The molecule has 30 nitrogen and oxygen atoms in total. The van der Waals surface area contributed by atoms with Gasteiger partial charge >= 0.3 is 0 Å². The molecule has 4 aromatic carbocycles. The lowest BCUT2D eigenvalue weighted by atomic mass is 9.92. The molecular formula is C93H95Cl4N23O7S5. The summed E-state index contributed by atoms with van der Waals surface area (Å²) in [5.74, 6) is 7.82. The summed E-state index contributed by atoms with van der Waals surface area (Å²) < 4.78 is 38.2. The summed E-state index contributed by atoms with van der Waals surface area (Å²) in [7, 11) is -2.20. The van der Waals surface area contributed by atoms with E-state index in [0.717, 1.165) is 161 Å². The lowest BCUT2D eigenvalue weighted by molar-refractivity contribution is -0.00736. The summed E-state index contributed by atoms with van der Waals surface area (Å²) in [6, 6.07) is 31.1. The Balaban J connectivity index is 0.000000118. The number of ether oxygens (including phenoxy) is 4. The lowest BCUT2D eigenvalue weighted by Gasteiger charge is -2.34. The largest absolute Gasteiger partial charge is 0.474 e. The highest BCUT2D eigenvalue weighted by Gasteiger charge is 2.42. The molecule has 5 fully saturated rings. The first-order valence-corrected chi connectivity index (χ1v) is 50.9. The number of fused-ring (bicyclic) bond motifs is 10. The Kier molecular flexibility index (Phi) is 28.3. The second kappa shape index (κ2) is 40.7. The van der Waals surface area contributed by atoms with Gasteiger partial charge in [0.2, 0.25) is 11.8 Å². The molecule has 0 spiro atoms. The minimum atomic E-state index is -2.20. The predicted molar refractivity (Wildman–Crippen MR) is 529 cm³/mol. The van der Waals surface area contributed by atoms with Crippen molar-refractivity contribution in [1.29, 1.82) is 0 Å². The number of rotatable bonds is 22. The molecule has 4 N–H and O–H groups in total. The molecule has 16 aromatic rings. The number of aromatic nitrogens is 16. The Morgan fingerprint density at radius 2 is 0.803 bits per heavy atom. The number of carbonyl (C=O) groups is 2. The van der Waals surface area contributed by atoms with Gasteiger partial charge in [-0.15, -0.1) is 45.3 Å². The third-order valence-corrected chi connectivity index (χ3v) is 30.1. The third-order valence-electron chi connectivity index (χ3n) is 24.4. The van der Waals surface area contributed by atoms with Gasteiger partial charge in [0.25, 0.3) is 5.91 Å².